The van der Waals surface area contributed by atoms with Crippen molar-refractivity contribution in [2.75, 3.05) is 9.71 Å². The molecule has 8 aromatic rings. The van der Waals surface area contributed by atoms with Gasteiger partial charge in [-0.05, 0) is 128 Å². The number of hydrogen-bond donors (Lipinski definition) is 0. The van der Waals surface area contributed by atoms with E-state index in [2.05, 4.69) is 141 Å². The molecule has 0 bridgehead atoms. The van der Waals surface area contributed by atoms with Gasteiger partial charge in [-0.2, -0.15) is 0 Å². The van der Waals surface area contributed by atoms with Crippen LogP contribution in [0, 0.1) is 6.92 Å². The highest BCUT2D eigenvalue weighted by atomic mass is 16.3. The largest absolute Gasteiger partial charge is 0.456 e. The molecule has 0 radical (unpaired) electrons. The molecule has 0 N–H and O–H groups in total. The Hall–Kier alpha value is -5.42. The highest BCUT2D eigenvalue weighted by Crippen LogP contribution is 2.62. The Morgan fingerprint density at radius 2 is 1.36 bits per heavy atom. The average molecular weight is 759 g/mol. The molecule has 1 saturated carbocycles. The summed E-state index contributed by atoms with van der Waals surface area (Å²) in [5.74, 6) is 0. The number of furan rings is 2. The van der Waals surface area contributed by atoms with Gasteiger partial charge in [0, 0.05) is 67.4 Å². The molecule has 0 amide bonds. The zero-order valence-electron chi connectivity index (χ0n) is 34.6. The van der Waals surface area contributed by atoms with E-state index in [0.717, 1.165) is 51.6 Å². The van der Waals surface area contributed by atoms with E-state index in [1.807, 2.05) is 0 Å². The molecule has 4 nitrogen and oxygen atoms in total. The molecule has 2 aromatic heterocycles. The molecule has 12 rings (SSSR count). The molecule has 1 fully saturated rings. The van der Waals surface area contributed by atoms with Crippen molar-refractivity contribution in [2.24, 2.45) is 0 Å². The summed E-state index contributed by atoms with van der Waals surface area (Å²) >= 11 is 0. The van der Waals surface area contributed by atoms with E-state index in [9.17, 15) is 0 Å². The maximum absolute atomic E-state index is 6.87. The molecular weight excluding hydrogens is 707 g/mol. The number of aryl methyl sites for hydroxylation is 3. The van der Waals surface area contributed by atoms with Crippen LogP contribution in [0.4, 0.5) is 22.7 Å². The Morgan fingerprint density at radius 1 is 0.638 bits per heavy atom. The van der Waals surface area contributed by atoms with Crippen molar-refractivity contribution in [3.8, 4) is 11.1 Å². The van der Waals surface area contributed by atoms with Crippen molar-refractivity contribution < 1.29 is 8.83 Å². The van der Waals surface area contributed by atoms with Gasteiger partial charge < -0.3 is 18.5 Å². The topological polar surface area (TPSA) is 32.8 Å². The van der Waals surface area contributed by atoms with Crippen molar-refractivity contribution in [2.45, 2.75) is 110 Å². The van der Waals surface area contributed by atoms with Crippen LogP contribution >= 0.6 is 0 Å². The summed E-state index contributed by atoms with van der Waals surface area (Å²) in [6.45, 7) is 12.1. The van der Waals surface area contributed by atoms with Crippen molar-refractivity contribution in [3.05, 3.63) is 119 Å². The Bertz CT molecular complexity index is 3030. The second-order valence-electron chi connectivity index (χ2n) is 18.5. The number of anilines is 4. The fourth-order valence-electron chi connectivity index (χ4n) is 12.0. The van der Waals surface area contributed by atoms with Gasteiger partial charge in [-0.1, -0.05) is 95.0 Å². The summed E-state index contributed by atoms with van der Waals surface area (Å²) in [4.78, 5) is 5.52. The van der Waals surface area contributed by atoms with Gasteiger partial charge in [0.2, 0.25) is 0 Å². The SMILES string of the molecule is CCCCc1cc2c3c(c1)C1(C)CCCCC1(C)N3c1cc(C)cc3c1B2N(c1ccc2c(c1)oc1ccccc12)c1cc2oc4cc(CCCC)ccc4c2cc1-3. The maximum atomic E-state index is 6.87. The maximum Gasteiger partial charge on any atom is 0.333 e. The third-order valence-electron chi connectivity index (χ3n) is 15.1. The van der Waals surface area contributed by atoms with Gasteiger partial charge in [0.15, 0.2) is 0 Å². The second-order valence-corrected chi connectivity index (χ2v) is 18.5. The van der Waals surface area contributed by atoms with Crippen LogP contribution in [0.25, 0.3) is 55.0 Å². The minimum absolute atomic E-state index is 0.0171. The zero-order valence-corrected chi connectivity index (χ0v) is 34.6. The average Bonchev–Trinajstić information content (AvgIpc) is 3.85. The lowest BCUT2D eigenvalue weighted by Gasteiger charge is -2.53. The fraction of sp³-hybridized carbons (Fsp3) is 0.321. The Balaban J connectivity index is 1.18. The summed E-state index contributed by atoms with van der Waals surface area (Å²) in [5, 5.41) is 4.69. The van der Waals surface area contributed by atoms with E-state index in [1.165, 1.54) is 118 Å². The molecule has 5 heteroatoms. The van der Waals surface area contributed by atoms with Gasteiger partial charge in [-0.3, -0.25) is 0 Å². The van der Waals surface area contributed by atoms with E-state index < -0.39 is 0 Å². The molecule has 0 spiro atoms. The molecule has 2 unspecified atom stereocenters. The van der Waals surface area contributed by atoms with Crippen LogP contribution in [0.3, 0.4) is 0 Å². The number of benzene rings is 6. The molecular formula is C53H51BN2O2. The lowest BCUT2D eigenvalue weighted by Crippen LogP contribution is -2.64. The minimum atomic E-state index is -0.0265. The van der Waals surface area contributed by atoms with Crippen LogP contribution in [0.15, 0.2) is 106 Å². The normalized spacial score (nSPS) is 20.3. The highest BCUT2D eigenvalue weighted by molar-refractivity contribution is 6.93. The van der Waals surface area contributed by atoms with Gasteiger partial charge >= 0.3 is 6.85 Å². The summed E-state index contributed by atoms with van der Waals surface area (Å²) < 4.78 is 13.5. The molecule has 3 aliphatic heterocycles. The standard InChI is InChI=1S/C53H51BN2O2/c1-6-8-14-33-18-20-38-40-30-39-41-24-32(3)25-45-50(41)54(43-27-34(15-9-7-2)26-42-51(43)55(45)53(5)23-13-12-22-52(42,53)4)56(44(39)31-49(40)58-47(38)28-33)35-19-21-37-36-16-10-11-17-46(36)57-48(37)29-35/h10-11,16-21,24-31H,6-9,12-15,22-23H2,1-5H3. The molecule has 4 aliphatic rings. The van der Waals surface area contributed by atoms with Crippen LogP contribution in [-0.2, 0) is 18.3 Å². The minimum Gasteiger partial charge on any atom is -0.456 e. The quantitative estimate of drug-likeness (QED) is 0.152. The van der Waals surface area contributed by atoms with Gasteiger partial charge in [0.05, 0.1) is 5.54 Å². The highest BCUT2D eigenvalue weighted by Gasteiger charge is 2.61. The second kappa shape index (κ2) is 12.3. The summed E-state index contributed by atoms with van der Waals surface area (Å²) in [7, 11) is 0. The van der Waals surface area contributed by atoms with Crippen molar-refractivity contribution >= 4 is 84.4 Å². The van der Waals surface area contributed by atoms with Crippen LogP contribution in [-0.4, -0.2) is 12.4 Å². The number of fused-ring (bicyclic) bond motifs is 13. The Morgan fingerprint density at radius 3 is 2.22 bits per heavy atom. The number of hydrogen-bond acceptors (Lipinski definition) is 4. The van der Waals surface area contributed by atoms with Gasteiger partial charge in [0.25, 0.3) is 0 Å². The lowest BCUT2D eigenvalue weighted by molar-refractivity contribution is 0.195. The Kier molecular flexibility index (Phi) is 7.34. The van der Waals surface area contributed by atoms with Crippen LogP contribution in [0.5, 0.6) is 0 Å². The number of unbranched alkanes of at least 4 members (excludes halogenated alkanes) is 2. The number of rotatable bonds is 7. The van der Waals surface area contributed by atoms with E-state index in [4.69, 9.17) is 8.83 Å². The van der Waals surface area contributed by atoms with Crippen LogP contribution in [0.1, 0.15) is 101 Å². The first kappa shape index (κ1) is 34.6. The van der Waals surface area contributed by atoms with E-state index in [-0.39, 0.29) is 17.8 Å². The van der Waals surface area contributed by atoms with Crippen molar-refractivity contribution in [1.82, 2.24) is 0 Å². The molecule has 2 atom stereocenters. The first-order valence-electron chi connectivity index (χ1n) is 22.1. The van der Waals surface area contributed by atoms with Gasteiger partial charge in [-0.25, -0.2) is 0 Å². The summed E-state index contributed by atoms with van der Waals surface area (Å²) in [5.41, 5.74) is 20.2. The van der Waals surface area contributed by atoms with Crippen molar-refractivity contribution in [3.63, 3.8) is 0 Å². The van der Waals surface area contributed by atoms with E-state index in [0.29, 0.717) is 0 Å². The number of nitrogens with zero attached hydrogens (tertiary/aromatic N) is 2. The zero-order chi connectivity index (χ0) is 39.1. The molecule has 6 aromatic carbocycles. The molecule has 1 aliphatic carbocycles. The molecule has 5 heterocycles. The first-order chi connectivity index (χ1) is 28.3. The van der Waals surface area contributed by atoms with Crippen LogP contribution in [0.2, 0.25) is 0 Å². The smallest absolute Gasteiger partial charge is 0.333 e. The predicted octanol–water partition coefficient (Wildman–Crippen LogP) is 13.5. The summed E-state index contributed by atoms with van der Waals surface area (Å²) in [6.07, 6.45) is 11.9. The third kappa shape index (κ3) is 4.54. The monoisotopic (exact) mass is 758 g/mol. The molecule has 288 valence electrons. The van der Waals surface area contributed by atoms with Gasteiger partial charge in [-0.15, -0.1) is 0 Å². The van der Waals surface area contributed by atoms with E-state index >= 15 is 0 Å². The van der Waals surface area contributed by atoms with Gasteiger partial charge in [0.1, 0.15) is 22.3 Å². The summed E-state index contributed by atoms with van der Waals surface area (Å²) in [6, 6.07) is 37.3. The Labute approximate surface area is 341 Å². The molecule has 0 saturated heterocycles. The fourth-order valence-corrected chi connectivity index (χ4v) is 12.0. The predicted molar refractivity (Wildman–Crippen MR) is 245 cm³/mol. The number of para-hydroxylation sites is 1. The van der Waals surface area contributed by atoms with Crippen LogP contribution < -0.4 is 20.6 Å². The third-order valence-corrected chi connectivity index (χ3v) is 15.1. The molecule has 58 heavy (non-hydrogen) atoms. The lowest BCUT2D eigenvalue weighted by atomic mass is 9.43. The van der Waals surface area contributed by atoms with E-state index in [1.54, 1.807) is 5.56 Å². The van der Waals surface area contributed by atoms with Crippen molar-refractivity contribution in [1.29, 1.82) is 0 Å². The first-order valence-corrected chi connectivity index (χ1v) is 22.1.